The van der Waals surface area contributed by atoms with E-state index in [0.717, 1.165) is 5.56 Å². The summed E-state index contributed by atoms with van der Waals surface area (Å²) in [6.45, 7) is 0.206. The molecule has 0 saturated heterocycles. The second-order valence-corrected chi connectivity index (χ2v) is 5.77. The molecule has 0 unspecified atom stereocenters. The highest BCUT2D eigenvalue weighted by atomic mass is 35.5. The van der Waals surface area contributed by atoms with Crippen molar-refractivity contribution in [3.63, 3.8) is 0 Å². The highest BCUT2D eigenvalue weighted by Crippen LogP contribution is 2.39. The lowest BCUT2D eigenvalue weighted by Crippen LogP contribution is -2.01. The largest absolute Gasteiger partial charge is 0.493 e. The Kier molecular flexibility index (Phi) is 5.53. The maximum absolute atomic E-state index is 11.9. The molecular formula is C19H17ClO6. The Labute approximate surface area is 155 Å². The first-order valence-electron chi connectivity index (χ1n) is 7.75. The van der Waals surface area contributed by atoms with E-state index in [4.69, 9.17) is 35.3 Å². The molecule has 0 aromatic heterocycles. The van der Waals surface area contributed by atoms with E-state index in [1.165, 1.54) is 6.08 Å². The minimum absolute atomic E-state index is 0.0749. The number of carbonyl (C=O) groups is 1. The van der Waals surface area contributed by atoms with Crippen molar-refractivity contribution in [3.8, 4) is 23.0 Å². The van der Waals surface area contributed by atoms with Gasteiger partial charge in [0.25, 0.3) is 0 Å². The number of fused-ring (bicyclic) bond motifs is 1. The number of esters is 1. The van der Waals surface area contributed by atoms with Crippen molar-refractivity contribution in [2.24, 2.45) is 0 Å². The molecular weight excluding hydrogens is 360 g/mol. The standard InChI is InChI=1S/C19H17ClO6/c1-22-15-5-3-12(8-16(15)23-2)4-6-18(21)24-10-13-7-14(20)19-17(9-13)25-11-26-19/h3-9H,10-11H2,1-2H3/b6-4+. The third-order valence-electron chi connectivity index (χ3n) is 3.69. The molecule has 0 amide bonds. The van der Waals surface area contributed by atoms with Gasteiger partial charge in [0.15, 0.2) is 23.0 Å². The van der Waals surface area contributed by atoms with Crippen molar-refractivity contribution in [2.45, 2.75) is 6.61 Å². The Balaban J connectivity index is 1.61. The van der Waals surface area contributed by atoms with Gasteiger partial charge in [0, 0.05) is 6.08 Å². The smallest absolute Gasteiger partial charge is 0.331 e. The monoisotopic (exact) mass is 376 g/mol. The molecule has 1 heterocycles. The summed E-state index contributed by atoms with van der Waals surface area (Å²) in [6.07, 6.45) is 2.98. The van der Waals surface area contributed by atoms with Crippen LogP contribution in [0.4, 0.5) is 0 Å². The van der Waals surface area contributed by atoms with Gasteiger partial charge in [-0.2, -0.15) is 0 Å². The van der Waals surface area contributed by atoms with E-state index in [-0.39, 0.29) is 13.4 Å². The fraction of sp³-hybridized carbons (Fsp3) is 0.211. The summed E-state index contributed by atoms with van der Waals surface area (Å²) < 4.78 is 26.2. The fourth-order valence-corrected chi connectivity index (χ4v) is 2.72. The van der Waals surface area contributed by atoms with E-state index in [1.807, 2.05) is 6.07 Å². The van der Waals surface area contributed by atoms with Crippen molar-refractivity contribution >= 4 is 23.6 Å². The first-order chi connectivity index (χ1) is 12.6. The van der Waals surface area contributed by atoms with Crippen molar-refractivity contribution in [3.05, 3.63) is 52.6 Å². The number of benzene rings is 2. The van der Waals surface area contributed by atoms with Gasteiger partial charge in [-0.15, -0.1) is 0 Å². The Bertz CT molecular complexity index is 846. The summed E-state index contributed by atoms with van der Waals surface area (Å²) in [7, 11) is 3.11. The molecule has 6 nitrogen and oxygen atoms in total. The molecule has 1 aliphatic rings. The Hall–Kier alpha value is -2.86. The predicted octanol–water partition coefficient (Wildman–Crippen LogP) is 3.84. The van der Waals surface area contributed by atoms with Crippen LogP contribution < -0.4 is 18.9 Å². The average Bonchev–Trinajstić information content (AvgIpc) is 3.13. The fourth-order valence-electron chi connectivity index (χ4n) is 2.43. The van der Waals surface area contributed by atoms with Gasteiger partial charge < -0.3 is 23.7 Å². The number of halogens is 1. The second kappa shape index (κ2) is 8.01. The molecule has 136 valence electrons. The predicted molar refractivity (Wildman–Crippen MR) is 96.0 cm³/mol. The van der Waals surface area contributed by atoms with Crippen LogP contribution in [0, 0.1) is 0 Å². The molecule has 0 radical (unpaired) electrons. The van der Waals surface area contributed by atoms with Gasteiger partial charge in [0.1, 0.15) is 6.61 Å². The van der Waals surface area contributed by atoms with Gasteiger partial charge in [-0.1, -0.05) is 17.7 Å². The first kappa shape index (κ1) is 17.9. The molecule has 0 saturated carbocycles. The molecule has 1 aliphatic heterocycles. The maximum Gasteiger partial charge on any atom is 0.331 e. The Morgan fingerprint density at radius 3 is 2.73 bits per heavy atom. The molecule has 0 bridgehead atoms. The zero-order valence-electron chi connectivity index (χ0n) is 14.3. The zero-order chi connectivity index (χ0) is 18.5. The van der Waals surface area contributed by atoms with Crippen LogP contribution in [0.2, 0.25) is 5.02 Å². The highest BCUT2D eigenvalue weighted by molar-refractivity contribution is 6.32. The second-order valence-electron chi connectivity index (χ2n) is 5.37. The number of rotatable bonds is 6. The van der Waals surface area contributed by atoms with Gasteiger partial charge in [-0.3, -0.25) is 0 Å². The number of hydrogen-bond acceptors (Lipinski definition) is 6. The van der Waals surface area contributed by atoms with Gasteiger partial charge >= 0.3 is 5.97 Å². The maximum atomic E-state index is 11.9. The van der Waals surface area contributed by atoms with Crippen LogP contribution in [0.25, 0.3) is 6.08 Å². The summed E-state index contributed by atoms with van der Waals surface area (Å²) >= 11 is 6.10. The van der Waals surface area contributed by atoms with Crippen LogP contribution in [0.3, 0.4) is 0 Å². The number of ether oxygens (including phenoxy) is 5. The molecule has 3 rings (SSSR count). The van der Waals surface area contributed by atoms with Gasteiger partial charge in [0.2, 0.25) is 6.79 Å². The quantitative estimate of drug-likeness (QED) is 0.563. The minimum Gasteiger partial charge on any atom is -0.493 e. The third-order valence-corrected chi connectivity index (χ3v) is 3.97. The topological polar surface area (TPSA) is 63.2 Å². The van der Waals surface area contributed by atoms with Gasteiger partial charge in [-0.05, 0) is 41.5 Å². The van der Waals surface area contributed by atoms with Crippen LogP contribution in [-0.2, 0) is 16.1 Å². The molecule has 0 N–H and O–H groups in total. The lowest BCUT2D eigenvalue weighted by atomic mass is 10.2. The van der Waals surface area contributed by atoms with Crippen molar-refractivity contribution in [1.29, 1.82) is 0 Å². The number of methoxy groups -OCH3 is 2. The van der Waals surface area contributed by atoms with E-state index < -0.39 is 5.97 Å². The molecule has 0 aliphatic carbocycles. The van der Waals surface area contributed by atoms with Crippen molar-refractivity contribution in [2.75, 3.05) is 21.0 Å². The van der Waals surface area contributed by atoms with Crippen molar-refractivity contribution in [1.82, 2.24) is 0 Å². The summed E-state index contributed by atoms with van der Waals surface area (Å²) in [5, 5.41) is 0.423. The first-order valence-corrected chi connectivity index (χ1v) is 8.13. The molecule has 26 heavy (non-hydrogen) atoms. The Morgan fingerprint density at radius 1 is 1.15 bits per heavy atom. The number of carbonyl (C=O) groups excluding carboxylic acids is 1. The van der Waals surface area contributed by atoms with Gasteiger partial charge in [-0.25, -0.2) is 4.79 Å². The Morgan fingerprint density at radius 2 is 1.96 bits per heavy atom. The highest BCUT2D eigenvalue weighted by Gasteiger charge is 2.18. The van der Waals surface area contributed by atoms with E-state index in [1.54, 1.807) is 44.6 Å². The van der Waals surface area contributed by atoms with Crippen LogP contribution in [-0.4, -0.2) is 27.0 Å². The molecule has 7 heteroatoms. The normalized spacial score (nSPS) is 12.3. The van der Waals surface area contributed by atoms with E-state index in [9.17, 15) is 4.79 Å². The molecule has 0 atom stereocenters. The van der Waals surface area contributed by atoms with E-state index >= 15 is 0 Å². The van der Waals surface area contributed by atoms with Crippen LogP contribution in [0.15, 0.2) is 36.4 Å². The number of hydrogen-bond donors (Lipinski definition) is 0. The summed E-state index contributed by atoms with van der Waals surface area (Å²) in [6, 6.07) is 8.75. The van der Waals surface area contributed by atoms with Gasteiger partial charge in [0.05, 0.1) is 19.2 Å². The average molecular weight is 377 g/mol. The zero-order valence-corrected chi connectivity index (χ0v) is 15.0. The minimum atomic E-state index is -0.478. The summed E-state index contributed by atoms with van der Waals surface area (Å²) in [4.78, 5) is 11.9. The van der Waals surface area contributed by atoms with E-state index in [2.05, 4.69) is 0 Å². The van der Waals surface area contributed by atoms with E-state index in [0.29, 0.717) is 33.6 Å². The molecule has 2 aromatic carbocycles. The van der Waals surface area contributed by atoms with Crippen LogP contribution in [0.5, 0.6) is 23.0 Å². The SMILES string of the molecule is COc1ccc(/C=C/C(=O)OCc2cc(Cl)c3c(c2)OCO3)cc1OC. The third kappa shape index (κ3) is 4.03. The van der Waals surface area contributed by atoms with Crippen LogP contribution >= 0.6 is 11.6 Å². The molecule has 0 spiro atoms. The van der Waals surface area contributed by atoms with Crippen LogP contribution in [0.1, 0.15) is 11.1 Å². The lowest BCUT2D eigenvalue weighted by molar-refractivity contribution is -0.138. The molecule has 0 fully saturated rings. The van der Waals surface area contributed by atoms with Crippen molar-refractivity contribution < 1.29 is 28.5 Å². The summed E-state index contributed by atoms with van der Waals surface area (Å²) in [5.41, 5.74) is 1.50. The molecule has 2 aromatic rings. The summed E-state index contributed by atoms with van der Waals surface area (Å²) in [5.74, 6) is 1.78. The lowest BCUT2D eigenvalue weighted by Gasteiger charge is -2.07.